The second-order valence-electron chi connectivity index (χ2n) is 11.3. The van der Waals surface area contributed by atoms with Gasteiger partial charge < -0.3 is 20.3 Å². The van der Waals surface area contributed by atoms with Crippen LogP contribution >= 0.6 is 12.6 Å². The highest BCUT2D eigenvalue weighted by Gasteiger charge is 2.42. The SMILES string of the molecule is Cc1ccc(C(C(=O)Nc2ccccc2C)N(C(=O)C(CS)NC(=O)OC(C)(C)C)C(C)(C)C)c(C)c1. The van der Waals surface area contributed by atoms with Crippen LogP contribution in [0.25, 0.3) is 0 Å². The molecule has 0 aliphatic carbocycles. The van der Waals surface area contributed by atoms with Crippen molar-refractivity contribution in [3.8, 4) is 0 Å². The number of anilines is 1. The third kappa shape index (κ3) is 8.25. The average molecular weight is 528 g/mol. The number of hydrogen-bond acceptors (Lipinski definition) is 5. The van der Waals surface area contributed by atoms with E-state index in [0.717, 1.165) is 16.7 Å². The van der Waals surface area contributed by atoms with E-state index in [-0.39, 0.29) is 11.7 Å². The summed E-state index contributed by atoms with van der Waals surface area (Å²) in [6.45, 7) is 16.7. The molecule has 0 spiro atoms. The molecule has 2 rings (SSSR count). The van der Waals surface area contributed by atoms with Gasteiger partial charge >= 0.3 is 6.09 Å². The molecule has 2 N–H and O–H groups in total. The second-order valence-corrected chi connectivity index (χ2v) is 11.7. The number of carbonyl (C=O) groups excluding carboxylic acids is 3. The van der Waals surface area contributed by atoms with Crippen LogP contribution in [0.15, 0.2) is 42.5 Å². The van der Waals surface area contributed by atoms with Gasteiger partial charge in [0, 0.05) is 17.0 Å². The maximum absolute atomic E-state index is 14.1. The van der Waals surface area contributed by atoms with Gasteiger partial charge in [-0.2, -0.15) is 12.6 Å². The minimum Gasteiger partial charge on any atom is -0.444 e. The van der Waals surface area contributed by atoms with E-state index in [1.165, 1.54) is 4.90 Å². The number of thiol groups is 1. The van der Waals surface area contributed by atoms with Crippen LogP contribution < -0.4 is 10.6 Å². The van der Waals surface area contributed by atoms with Crippen LogP contribution in [-0.2, 0) is 14.3 Å². The third-order valence-electron chi connectivity index (χ3n) is 5.76. The summed E-state index contributed by atoms with van der Waals surface area (Å²) in [4.78, 5) is 42.1. The summed E-state index contributed by atoms with van der Waals surface area (Å²) >= 11 is 4.35. The summed E-state index contributed by atoms with van der Waals surface area (Å²) < 4.78 is 5.37. The first kappa shape index (κ1) is 30.2. The summed E-state index contributed by atoms with van der Waals surface area (Å²) in [5, 5.41) is 5.67. The number of nitrogens with one attached hydrogen (secondary N) is 2. The molecule has 0 fully saturated rings. The van der Waals surface area contributed by atoms with Crippen molar-refractivity contribution in [1.82, 2.24) is 10.2 Å². The first-order valence-corrected chi connectivity index (χ1v) is 13.1. The molecular formula is C29H41N3O4S. The third-order valence-corrected chi connectivity index (χ3v) is 6.13. The lowest BCUT2D eigenvalue weighted by atomic mass is 9.92. The summed E-state index contributed by atoms with van der Waals surface area (Å²) in [5.41, 5.74) is 2.70. The van der Waals surface area contributed by atoms with Gasteiger partial charge in [-0.25, -0.2) is 4.79 Å². The van der Waals surface area contributed by atoms with Crippen molar-refractivity contribution in [3.05, 3.63) is 64.7 Å². The molecule has 37 heavy (non-hydrogen) atoms. The van der Waals surface area contributed by atoms with Crippen molar-refractivity contribution >= 4 is 36.2 Å². The number of rotatable bonds is 7. The summed E-state index contributed by atoms with van der Waals surface area (Å²) in [7, 11) is 0. The molecule has 3 amide bonds. The Kier molecular flexibility index (Phi) is 9.83. The highest BCUT2D eigenvalue weighted by Crippen LogP contribution is 2.33. The minimum atomic E-state index is -1.00. The lowest BCUT2D eigenvalue weighted by Gasteiger charge is -2.43. The molecule has 2 aromatic rings. The topological polar surface area (TPSA) is 87.7 Å². The molecule has 0 saturated carbocycles. The number of carbonyl (C=O) groups is 3. The number of amides is 3. The van der Waals surface area contributed by atoms with Gasteiger partial charge in [0.15, 0.2) is 0 Å². The first-order valence-electron chi connectivity index (χ1n) is 12.4. The van der Waals surface area contributed by atoms with E-state index >= 15 is 0 Å². The zero-order valence-electron chi connectivity index (χ0n) is 23.4. The van der Waals surface area contributed by atoms with Crippen LogP contribution in [-0.4, -0.2) is 45.7 Å². The Bertz CT molecular complexity index is 1130. The van der Waals surface area contributed by atoms with Crippen LogP contribution in [0.3, 0.4) is 0 Å². The molecule has 0 bridgehead atoms. The minimum absolute atomic E-state index is 0.0314. The van der Waals surface area contributed by atoms with Crippen molar-refractivity contribution in [2.45, 2.75) is 85.5 Å². The summed E-state index contributed by atoms with van der Waals surface area (Å²) in [6.07, 6.45) is -0.721. The van der Waals surface area contributed by atoms with Gasteiger partial charge in [0.1, 0.15) is 17.7 Å². The van der Waals surface area contributed by atoms with E-state index in [2.05, 4.69) is 23.3 Å². The van der Waals surface area contributed by atoms with Gasteiger partial charge in [-0.15, -0.1) is 0 Å². The highest BCUT2D eigenvalue weighted by atomic mass is 32.1. The molecule has 0 heterocycles. The highest BCUT2D eigenvalue weighted by molar-refractivity contribution is 7.80. The predicted molar refractivity (Wildman–Crippen MR) is 152 cm³/mol. The Labute approximate surface area is 226 Å². The van der Waals surface area contributed by atoms with E-state index < -0.39 is 35.2 Å². The normalized spacial score (nSPS) is 13.4. The van der Waals surface area contributed by atoms with Gasteiger partial charge in [-0.3, -0.25) is 9.59 Å². The van der Waals surface area contributed by atoms with Crippen LogP contribution in [0, 0.1) is 20.8 Å². The number of ether oxygens (including phenoxy) is 1. The maximum atomic E-state index is 14.1. The molecule has 0 aliphatic heterocycles. The molecule has 0 aliphatic rings. The van der Waals surface area contributed by atoms with E-state index in [0.29, 0.717) is 11.3 Å². The Morgan fingerprint density at radius 1 is 0.946 bits per heavy atom. The monoisotopic (exact) mass is 527 g/mol. The Morgan fingerprint density at radius 2 is 1.57 bits per heavy atom. The standard InChI is InChI=1S/C29H41N3O4S/c1-18-14-15-21(20(3)16-18)24(25(33)30-22-13-11-10-12-19(22)2)32(28(4,5)6)26(34)23(17-37)31-27(35)36-29(7,8)9/h10-16,23-24,37H,17H2,1-9H3,(H,30,33)(H,31,35). The Morgan fingerprint density at radius 3 is 2.08 bits per heavy atom. The summed E-state index contributed by atoms with van der Waals surface area (Å²) in [5.74, 6) is -0.748. The van der Waals surface area contributed by atoms with Crippen molar-refractivity contribution in [1.29, 1.82) is 0 Å². The molecule has 2 atom stereocenters. The van der Waals surface area contributed by atoms with Gasteiger partial charge in [-0.05, 0) is 85.1 Å². The number of hydrogen-bond donors (Lipinski definition) is 3. The van der Waals surface area contributed by atoms with E-state index in [1.807, 2.05) is 84.0 Å². The fourth-order valence-corrected chi connectivity index (χ4v) is 4.34. The number of aryl methyl sites for hydroxylation is 3. The van der Waals surface area contributed by atoms with E-state index in [4.69, 9.17) is 4.74 Å². The molecule has 0 saturated heterocycles. The molecule has 0 aromatic heterocycles. The van der Waals surface area contributed by atoms with Crippen LogP contribution in [0.2, 0.25) is 0 Å². The van der Waals surface area contributed by atoms with Crippen molar-refractivity contribution in [2.75, 3.05) is 11.1 Å². The van der Waals surface area contributed by atoms with Crippen LogP contribution in [0.5, 0.6) is 0 Å². The molecule has 7 nitrogen and oxygen atoms in total. The quantitative estimate of drug-likeness (QED) is 0.401. The Hall–Kier alpha value is -3.00. The van der Waals surface area contributed by atoms with Gasteiger partial charge in [0.05, 0.1) is 0 Å². The number of nitrogens with zero attached hydrogens (tertiary/aromatic N) is 1. The lowest BCUT2D eigenvalue weighted by molar-refractivity contribution is -0.146. The van der Waals surface area contributed by atoms with Crippen LogP contribution in [0.1, 0.15) is 69.8 Å². The summed E-state index contributed by atoms with van der Waals surface area (Å²) in [6, 6.07) is 11.3. The molecule has 0 radical (unpaired) electrons. The molecule has 2 unspecified atom stereocenters. The Balaban J connectivity index is 2.59. The van der Waals surface area contributed by atoms with Crippen molar-refractivity contribution < 1.29 is 19.1 Å². The number of benzene rings is 2. The molecule has 8 heteroatoms. The average Bonchev–Trinajstić information content (AvgIpc) is 2.75. The fourth-order valence-electron chi connectivity index (χ4n) is 4.09. The lowest BCUT2D eigenvalue weighted by Crippen LogP contribution is -2.58. The smallest absolute Gasteiger partial charge is 0.408 e. The van der Waals surface area contributed by atoms with Crippen molar-refractivity contribution in [3.63, 3.8) is 0 Å². The second kappa shape index (κ2) is 12.0. The van der Waals surface area contributed by atoms with Crippen molar-refractivity contribution in [2.24, 2.45) is 0 Å². The van der Waals surface area contributed by atoms with Gasteiger partial charge in [0.25, 0.3) is 5.91 Å². The van der Waals surface area contributed by atoms with Gasteiger partial charge in [0.2, 0.25) is 5.91 Å². The number of alkyl carbamates (subject to hydrolysis) is 1. The van der Waals surface area contributed by atoms with E-state index in [9.17, 15) is 14.4 Å². The largest absolute Gasteiger partial charge is 0.444 e. The zero-order valence-corrected chi connectivity index (χ0v) is 24.3. The van der Waals surface area contributed by atoms with Crippen LogP contribution in [0.4, 0.5) is 10.5 Å². The first-order chi connectivity index (χ1) is 17.0. The predicted octanol–water partition coefficient (Wildman–Crippen LogP) is 5.74. The van der Waals surface area contributed by atoms with E-state index in [1.54, 1.807) is 20.8 Å². The molecular weight excluding hydrogens is 486 g/mol. The maximum Gasteiger partial charge on any atom is 0.408 e. The number of para-hydroxylation sites is 1. The fraction of sp³-hybridized carbons (Fsp3) is 0.483. The van der Waals surface area contributed by atoms with Gasteiger partial charge in [-0.1, -0.05) is 42.0 Å². The molecule has 2 aromatic carbocycles. The molecule has 202 valence electrons. The zero-order chi connectivity index (χ0) is 28.1.